The van der Waals surface area contributed by atoms with E-state index in [1.165, 1.54) is 5.56 Å². The maximum absolute atomic E-state index is 6.03. The summed E-state index contributed by atoms with van der Waals surface area (Å²) >= 11 is 0. The second kappa shape index (κ2) is 5.09. The van der Waals surface area contributed by atoms with E-state index in [1.807, 2.05) is 18.2 Å². The molecule has 2 aliphatic rings. The van der Waals surface area contributed by atoms with Gasteiger partial charge >= 0.3 is 0 Å². The SMILES string of the molecule is CC1(C)[C@H](NC(N)=NCc2ccccc2)[C@H]2CCO[C@H]21. The molecule has 1 aromatic carbocycles. The van der Waals surface area contributed by atoms with Gasteiger partial charge in [0.2, 0.25) is 0 Å². The first-order chi connectivity index (χ1) is 9.59. The molecule has 0 radical (unpaired) electrons. The second-order valence-electron chi connectivity index (χ2n) is 6.37. The number of hydrogen-bond acceptors (Lipinski definition) is 2. The molecule has 1 saturated carbocycles. The molecule has 0 unspecified atom stereocenters. The van der Waals surface area contributed by atoms with Crippen molar-refractivity contribution in [1.29, 1.82) is 0 Å². The standard InChI is InChI=1S/C16H23N3O/c1-16(2)13(12-8-9-20-14(12)16)19-15(17)18-10-11-6-4-3-5-7-11/h3-7,12-14H,8-10H2,1-2H3,(H3,17,18,19)/t12-,13-,14-/m1/s1. The minimum absolute atomic E-state index is 0.133. The molecule has 4 heteroatoms. The predicted molar refractivity (Wildman–Crippen MR) is 80.3 cm³/mol. The van der Waals surface area contributed by atoms with Crippen LogP contribution in [0.1, 0.15) is 25.8 Å². The van der Waals surface area contributed by atoms with Gasteiger partial charge in [0, 0.05) is 24.0 Å². The van der Waals surface area contributed by atoms with Crippen molar-refractivity contribution in [3.05, 3.63) is 35.9 Å². The molecule has 1 saturated heterocycles. The van der Waals surface area contributed by atoms with Crippen molar-refractivity contribution in [2.45, 2.75) is 39.0 Å². The van der Waals surface area contributed by atoms with Gasteiger partial charge in [-0.05, 0) is 12.0 Å². The van der Waals surface area contributed by atoms with Gasteiger partial charge < -0.3 is 15.8 Å². The summed E-state index contributed by atoms with van der Waals surface area (Å²) < 4.78 is 5.79. The van der Waals surface area contributed by atoms with E-state index in [4.69, 9.17) is 10.5 Å². The van der Waals surface area contributed by atoms with Crippen LogP contribution in [0.5, 0.6) is 0 Å². The number of ether oxygens (including phenoxy) is 1. The number of fused-ring (bicyclic) bond motifs is 1. The third-order valence-electron chi connectivity index (χ3n) is 4.68. The van der Waals surface area contributed by atoms with E-state index in [2.05, 4.69) is 36.3 Å². The summed E-state index contributed by atoms with van der Waals surface area (Å²) in [5.41, 5.74) is 7.34. The molecule has 1 aliphatic carbocycles. The summed E-state index contributed by atoms with van der Waals surface area (Å²) in [5.74, 6) is 1.12. The molecule has 1 aliphatic heterocycles. The average molecular weight is 273 g/mol. The van der Waals surface area contributed by atoms with Gasteiger partial charge in [0.25, 0.3) is 0 Å². The van der Waals surface area contributed by atoms with Crippen LogP contribution < -0.4 is 11.1 Å². The van der Waals surface area contributed by atoms with Crippen LogP contribution in [0.3, 0.4) is 0 Å². The van der Waals surface area contributed by atoms with E-state index in [-0.39, 0.29) is 5.41 Å². The minimum atomic E-state index is 0.133. The Balaban J connectivity index is 1.60. The summed E-state index contributed by atoms with van der Waals surface area (Å²) in [4.78, 5) is 4.44. The zero-order valence-corrected chi connectivity index (χ0v) is 12.2. The van der Waals surface area contributed by atoms with Crippen molar-refractivity contribution in [1.82, 2.24) is 5.32 Å². The van der Waals surface area contributed by atoms with Gasteiger partial charge in [-0.1, -0.05) is 44.2 Å². The van der Waals surface area contributed by atoms with Crippen molar-refractivity contribution in [2.24, 2.45) is 22.1 Å². The van der Waals surface area contributed by atoms with Crippen molar-refractivity contribution in [3.8, 4) is 0 Å². The fourth-order valence-corrected chi connectivity index (χ4v) is 3.58. The van der Waals surface area contributed by atoms with Gasteiger partial charge in [-0.2, -0.15) is 0 Å². The lowest BCUT2D eigenvalue weighted by atomic mass is 9.57. The van der Waals surface area contributed by atoms with E-state index in [0.717, 1.165) is 13.0 Å². The first kappa shape index (κ1) is 13.4. The highest BCUT2D eigenvalue weighted by Gasteiger charge is 2.59. The van der Waals surface area contributed by atoms with Crippen molar-refractivity contribution >= 4 is 5.96 Å². The molecule has 4 nitrogen and oxygen atoms in total. The molecule has 0 bridgehead atoms. The molecule has 0 amide bonds. The topological polar surface area (TPSA) is 59.6 Å². The molecule has 3 rings (SSSR count). The number of nitrogens with two attached hydrogens (primary N) is 1. The molecule has 0 aromatic heterocycles. The smallest absolute Gasteiger partial charge is 0.189 e. The number of aliphatic imine (C=N–C) groups is 1. The largest absolute Gasteiger partial charge is 0.377 e. The fourth-order valence-electron chi connectivity index (χ4n) is 3.58. The monoisotopic (exact) mass is 273 g/mol. The van der Waals surface area contributed by atoms with Gasteiger partial charge in [-0.25, -0.2) is 4.99 Å². The van der Waals surface area contributed by atoms with E-state index in [9.17, 15) is 0 Å². The third kappa shape index (κ3) is 2.29. The summed E-state index contributed by atoms with van der Waals surface area (Å²) in [6.45, 7) is 5.97. The maximum atomic E-state index is 6.03. The highest BCUT2D eigenvalue weighted by molar-refractivity contribution is 5.78. The number of nitrogens with zero attached hydrogens (tertiary/aromatic N) is 1. The quantitative estimate of drug-likeness (QED) is 0.653. The second-order valence-corrected chi connectivity index (χ2v) is 6.37. The van der Waals surface area contributed by atoms with E-state index >= 15 is 0 Å². The van der Waals surface area contributed by atoms with Gasteiger partial charge in [-0.15, -0.1) is 0 Å². The lowest BCUT2D eigenvalue weighted by Crippen LogP contribution is -2.67. The summed E-state index contributed by atoms with van der Waals surface area (Å²) in [6, 6.07) is 10.5. The van der Waals surface area contributed by atoms with Gasteiger partial charge in [0.05, 0.1) is 12.6 Å². The molecule has 3 N–H and O–H groups in total. The molecular weight excluding hydrogens is 250 g/mol. The fraction of sp³-hybridized carbons (Fsp3) is 0.562. The van der Waals surface area contributed by atoms with Gasteiger partial charge in [0.15, 0.2) is 5.96 Å². The van der Waals surface area contributed by atoms with Crippen LogP contribution in [0, 0.1) is 11.3 Å². The van der Waals surface area contributed by atoms with Crippen LogP contribution in [-0.4, -0.2) is 24.7 Å². The van der Waals surface area contributed by atoms with Crippen molar-refractivity contribution in [3.63, 3.8) is 0 Å². The van der Waals surface area contributed by atoms with E-state index in [1.54, 1.807) is 0 Å². The zero-order valence-electron chi connectivity index (χ0n) is 12.2. The average Bonchev–Trinajstić information content (AvgIpc) is 2.91. The first-order valence-electron chi connectivity index (χ1n) is 7.31. The summed E-state index contributed by atoms with van der Waals surface area (Å²) in [6.07, 6.45) is 1.50. The Bertz CT molecular complexity index is 498. The number of benzene rings is 1. The Kier molecular flexibility index (Phi) is 3.42. The molecule has 108 valence electrons. The van der Waals surface area contributed by atoms with Crippen LogP contribution >= 0.6 is 0 Å². The Labute approximate surface area is 120 Å². The number of guanidine groups is 1. The Morgan fingerprint density at radius 3 is 2.90 bits per heavy atom. The molecule has 1 aromatic rings. The Hall–Kier alpha value is -1.55. The van der Waals surface area contributed by atoms with Crippen molar-refractivity contribution in [2.75, 3.05) is 6.61 Å². The minimum Gasteiger partial charge on any atom is -0.377 e. The van der Waals surface area contributed by atoms with Crippen LogP contribution in [0.4, 0.5) is 0 Å². The summed E-state index contributed by atoms with van der Waals surface area (Å²) in [5, 5.41) is 3.40. The van der Waals surface area contributed by atoms with Crippen LogP contribution in [-0.2, 0) is 11.3 Å². The Morgan fingerprint density at radius 2 is 2.15 bits per heavy atom. The lowest BCUT2D eigenvalue weighted by Gasteiger charge is -2.54. The lowest BCUT2D eigenvalue weighted by molar-refractivity contribution is -0.106. The zero-order chi connectivity index (χ0) is 14.2. The molecule has 1 heterocycles. The number of hydrogen-bond donors (Lipinski definition) is 2. The third-order valence-corrected chi connectivity index (χ3v) is 4.68. The van der Waals surface area contributed by atoms with E-state index in [0.29, 0.717) is 30.6 Å². The highest BCUT2D eigenvalue weighted by atomic mass is 16.5. The van der Waals surface area contributed by atoms with Crippen LogP contribution in [0.2, 0.25) is 0 Å². The first-order valence-corrected chi connectivity index (χ1v) is 7.31. The van der Waals surface area contributed by atoms with Gasteiger partial charge in [-0.3, -0.25) is 0 Å². The van der Waals surface area contributed by atoms with Gasteiger partial charge in [0.1, 0.15) is 0 Å². The molecular formula is C16H23N3O. The molecule has 3 atom stereocenters. The van der Waals surface area contributed by atoms with Crippen LogP contribution in [0.25, 0.3) is 0 Å². The number of nitrogens with one attached hydrogen (secondary N) is 1. The van der Waals surface area contributed by atoms with Crippen LogP contribution in [0.15, 0.2) is 35.3 Å². The number of rotatable bonds is 3. The summed E-state index contributed by atoms with van der Waals surface area (Å²) in [7, 11) is 0. The highest BCUT2D eigenvalue weighted by Crippen LogP contribution is 2.51. The van der Waals surface area contributed by atoms with E-state index < -0.39 is 0 Å². The predicted octanol–water partition coefficient (Wildman–Crippen LogP) is 1.90. The maximum Gasteiger partial charge on any atom is 0.189 e. The van der Waals surface area contributed by atoms with Crippen molar-refractivity contribution < 1.29 is 4.74 Å². The molecule has 0 spiro atoms. The molecule has 2 fully saturated rings. The molecule has 20 heavy (non-hydrogen) atoms. The normalized spacial score (nSPS) is 31.5. The Morgan fingerprint density at radius 1 is 1.40 bits per heavy atom.